The summed E-state index contributed by atoms with van der Waals surface area (Å²) in [6, 6.07) is 6.12. The first kappa shape index (κ1) is 18.1. The minimum Gasteiger partial charge on any atom is -0.465 e. The van der Waals surface area contributed by atoms with Crippen molar-refractivity contribution >= 4 is 11.9 Å². The van der Waals surface area contributed by atoms with Gasteiger partial charge in [0.1, 0.15) is 12.1 Å². The van der Waals surface area contributed by atoms with Crippen LogP contribution in [0, 0.1) is 0 Å². The molecule has 0 amide bonds. The van der Waals surface area contributed by atoms with Crippen molar-refractivity contribution in [3.8, 4) is 0 Å². The summed E-state index contributed by atoms with van der Waals surface area (Å²) in [5.74, 6) is -0.813. The summed E-state index contributed by atoms with van der Waals surface area (Å²) in [4.78, 5) is 23.0. The SMILES string of the molecule is CCOC(=O)C(N)Cc1ccc(CC(N)C(=O)OCC)cc1. The molecule has 0 aromatic heterocycles. The Hall–Kier alpha value is -1.92. The number of rotatable bonds is 8. The third kappa shape index (κ3) is 5.83. The zero-order valence-electron chi connectivity index (χ0n) is 13.1. The molecular formula is C16H24N2O4. The van der Waals surface area contributed by atoms with E-state index in [2.05, 4.69) is 0 Å². The molecule has 0 spiro atoms. The van der Waals surface area contributed by atoms with E-state index in [-0.39, 0.29) is 0 Å². The van der Waals surface area contributed by atoms with Crippen LogP contribution in [0.5, 0.6) is 0 Å². The van der Waals surface area contributed by atoms with Gasteiger partial charge in [-0.05, 0) is 37.8 Å². The normalized spacial score (nSPS) is 13.3. The largest absolute Gasteiger partial charge is 0.465 e. The number of ether oxygens (including phenoxy) is 2. The highest BCUT2D eigenvalue weighted by molar-refractivity contribution is 5.76. The van der Waals surface area contributed by atoms with Crippen LogP contribution in [0.4, 0.5) is 0 Å². The number of carbonyl (C=O) groups is 2. The fraction of sp³-hybridized carbons (Fsp3) is 0.500. The molecule has 22 heavy (non-hydrogen) atoms. The maximum Gasteiger partial charge on any atom is 0.323 e. The fourth-order valence-electron chi connectivity index (χ4n) is 1.98. The predicted octanol–water partition coefficient (Wildman–Crippen LogP) is 0.552. The summed E-state index contributed by atoms with van der Waals surface area (Å²) in [6.07, 6.45) is 0.812. The van der Waals surface area contributed by atoms with Crippen molar-refractivity contribution in [2.75, 3.05) is 13.2 Å². The quantitative estimate of drug-likeness (QED) is 0.680. The van der Waals surface area contributed by atoms with E-state index in [0.717, 1.165) is 11.1 Å². The van der Waals surface area contributed by atoms with Gasteiger partial charge in [0.2, 0.25) is 0 Å². The second-order valence-corrected chi connectivity index (χ2v) is 4.94. The molecule has 0 saturated heterocycles. The van der Waals surface area contributed by atoms with Crippen molar-refractivity contribution < 1.29 is 19.1 Å². The molecule has 6 heteroatoms. The minimum atomic E-state index is -0.674. The molecule has 1 aromatic carbocycles. The molecule has 1 rings (SSSR count). The average molecular weight is 308 g/mol. The van der Waals surface area contributed by atoms with Crippen LogP contribution >= 0.6 is 0 Å². The molecule has 0 bridgehead atoms. The molecule has 6 nitrogen and oxygen atoms in total. The van der Waals surface area contributed by atoms with Gasteiger partial charge in [-0.1, -0.05) is 24.3 Å². The van der Waals surface area contributed by atoms with Crippen molar-refractivity contribution in [1.82, 2.24) is 0 Å². The van der Waals surface area contributed by atoms with Crippen LogP contribution < -0.4 is 11.5 Å². The summed E-state index contributed by atoms with van der Waals surface area (Å²) < 4.78 is 9.74. The molecular weight excluding hydrogens is 284 g/mol. The zero-order valence-corrected chi connectivity index (χ0v) is 13.1. The Morgan fingerprint density at radius 1 is 0.864 bits per heavy atom. The molecule has 0 aliphatic carbocycles. The highest BCUT2D eigenvalue weighted by Crippen LogP contribution is 2.09. The van der Waals surface area contributed by atoms with Gasteiger partial charge in [0.15, 0.2) is 0 Å². The maximum absolute atomic E-state index is 11.5. The first-order valence-electron chi connectivity index (χ1n) is 7.40. The van der Waals surface area contributed by atoms with E-state index in [9.17, 15) is 9.59 Å². The summed E-state index contributed by atoms with van der Waals surface area (Å²) in [7, 11) is 0. The molecule has 1 aromatic rings. The highest BCUT2D eigenvalue weighted by Gasteiger charge is 2.16. The average Bonchev–Trinajstić information content (AvgIpc) is 2.49. The maximum atomic E-state index is 11.5. The lowest BCUT2D eigenvalue weighted by Crippen LogP contribution is -2.34. The van der Waals surface area contributed by atoms with Gasteiger partial charge in [0, 0.05) is 0 Å². The van der Waals surface area contributed by atoms with Crippen molar-refractivity contribution in [3.63, 3.8) is 0 Å². The van der Waals surface area contributed by atoms with Gasteiger partial charge in [0.05, 0.1) is 13.2 Å². The zero-order chi connectivity index (χ0) is 16.5. The number of nitrogens with two attached hydrogens (primary N) is 2. The molecule has 0 saturated carbocycles. The van der Waals surface area contributed by atoms with Crippen LogP contribution in [0.2, 0.25) is 0 Å². The van der Waals surface area contributed by atoms with Gasteiger partial charge >= 0.3 is 11.9 Å². The van der Waals surface area contributed by atoms with Crippen molar-refractivity contribution in [3.05, 3.63) is 35.4 Å². The molecule has 122 valence electrons. The van der Waals surface area contributed by atoms with Crippen LogP contribution in [0.1, 0.15) is 25.0 Å². The standard InChI is InChI=1S/C16H24N2O4/c1-3-21-15(19)13(17)9-11-5-7-12(8-6-11)10-14(18)16(20)22-4-2/h5-8,13-14H,3-4,9-10,17-18H2,1-2H3. The lowest BCUT2D eigenvalue weighted by molar-refractivity contribution is -0.145. The Morgan fingerprint density at radius 3 is 1.45 bits per heavy atom. The van der Waals surface area contributed by atoms with E-state index in [1.165, 1.54) is 0 Å². The predicted molar refractivity (Wildman–Crippen MR) is 83.1 cm³/mol. The summed E-state index contributed by atoms with van der Waals surface area (Å²) in [6.45, 7) is 4.12. The van der Waals surface area contributed by atoms with E-state index in [0.29, 0.717) is 26.1 Å². The molecule has 2 atom stereocenters. The van der Waals surface area contributed by atoms with Gasteiger partial charge in [-0.15, -0.1) is 0 Å². The first-order chi connectivity index (χ1) is 10.5. The van der Waals surface area contributed by atoms with Crippen molar-refractivity contribution in [2.45, 2.75) is 38.8 Å². The summed E-state index contributed by atoms with van der Waals surface area (Å²) >= 11 is 0. The highest BCUT2D eigenvalue weighted by atomic mass is 16.5. The van der Waals surface area contributed by atoms with Gasteiger partial charge in [0.25, 0.3) is 0 Å². The Kier molecular flexibility index (Phi) is 7.56. The topological polar surface area (TPSA) is 105 Å². The van der Waals surface area contributed by atoms with Gasteiger partial charge in [-0.3, -0.25) is 9.59 Å². The van der Waals surface area contributed by atoms with E-state index in [4.69, 9.17) is 20.9 Å². The minimum absolute atomic E-state index is 0.317. The van der Waals surface area contributed by atoms with E-state index >= 15 is 0 Å². The van der Waals surface area contributed by atoms with Crippen LogP contribution in [0.15, 0.2) is 24.3 Å². The number of hydrogen-bond donors (Lipinski definition) is 2. The Labute approximate surface area is 130 Å². The summed E-state index contributed by atoms with van der Waals surface area (Å²) in [5, 5.41) is 0. The monoisotopic (exact) mass is 308 g/mol. The smallest absolute Gasteiger partial charge is 0.323 e. The van der Waals surface area contributed by atoms with Crippen molar-refractivity contribution in [1.29, 1.82) is 0 Å². The van der Waals surface area contributed by atoms with Crippen LogP contribution in [0.3, 0.4) is 0 Å². The Morgan fingerprint density at radius 2 is 1.18 bits per heavy atom. The van der Waals surface area contributed by atoms with E-state index in [1.54, 1.807) is 13.8 Å². The van der Waals surface area contributed by atoms with Crippen molar-refractivity contribution in [2.24, 2.45) is 11.5 Å². The molecule has 0 aliphatic heterocycles. The second-order valence-electron chi connectivity index (χ2n) is 4.94. The Bertz CT molecular complexity index is 442. The second kappa shape index (κ2) is 9.17. The van der Waals surface area contributed by atoms with Crippen LogP contribution in [-0.2, 0) is 31.9 Å². The molecule has 0 radical (unpaired) electrons. The third-order valence-electron chi connectivity index (χ3n) is 3.11. The fourth-order valence-corrected chi connectivity index (χ4v) is 1.98. The summed E-state index contributed by atoms with van der Waals surface area (Å²) in [5.41, 5.74) is 13.4. The number of esters is 2. The van der Waals surface area contributed by atoms with Gasteiger partial charge in [-0.2, -0.15) is 0 Å². The lowest BCUT2D eigenvalue weighted by atomic mass is 10.0. The van der Waals surface area contributed by atoms with E-state index < -0.39 is 24.0 Å². The number of benzene rings is 1. The van der Waals surface area contributed by atoms with E-state index in [1.807, 2.05) is 24.3 Å². The molecule has 0 aliphatic rings. The third-order valence-corrected chi connectivity index (χ3v) is 3.11. The van der Waals surface area contributed by atoms with Gasteiger partial charge in [-0.25, -0.2) is 0 Å². The number of hydrogen-bond acceptors (Lipinski definition) is 6. The number of carbonyl (C=O) groups excluding carboxylic acids is 2. The van der Waals surface area contributed by atoms with Gasteiger partial charge < -0.3 is 20.9 Å². The lowest BCUT2D eigenvalue weighted by Gasteiger charge is -2.12. The molecule has 0 fully saturated rings. The van der Waals surface area contributed by atoms with Crippen LogP contribution in [-0.4, -0.2) is 37.2 Å². The molecule has 2 unspecified atom stereocenters. The Balaban J connectivity index is 2.56. The van der Waals surface area contributed by atoms with Crippen LogP contribution in [0.25, 0.3) is 0 Å². The molecule has 4 N–H and O–H groups in total. The first-order valence-corrected chi connectivity index (χ1v) is 7.40. The molecule has 0 heterocycles.